The van der Waals surface area contributed by atoms with E-state index in [4.69, 9.17) is 4.74 Å². The number of benzene rings is 3. The zero-order valence-electron chi connectivity index (χ0n) is 20.5. The maximum absolute atomic E-state index is 14.6. The van der Waals surface area contributed by atoms with Gasteiger partial charge in [0.2, 0.25) is 11.8 Å². The summed E-state index contributed by atoms with van der Waals surface area (Å²) in [6.07, 6.45) is 1.69. The van der Waals surface area contributed by atoms with Crippen LogP contribution in [0.2, 0.25) is 0 Å². The molecule has 3 saturated heterocycles. The van der Waals surface area contributed by atoms with Gasteiger partial charge in [0.05, 0.1) is 31.2 Å². The Kier molecular flexibility index (Phi) is 4.82. The molecule has 0 saturated carbocycles. The average Bonchev–Trinajstić information content (AvgIpc) is 3.64. The molecule has 7 rings (SSSR count). The number of fused-ring (bicyclic) bond motifs is 7. The highest BCUT2D eigenvalue weighted by Gasteiger charge is 2.75. The first-order valence-electron chi connectivity index (χ1n) is 12.8. The molecule has 3 amide bonds. The van der Waals surface area contributed by atoms with Crippen molar-refractivity contribution in [3.63, 3.8) is 0 Å². The molecule has 7 heteroatoms. The largest absolute Gasteiger partial charge is 0.497 e. The number of hydrogen-bond acceptors (Lipinski definition) is 5. The highest BCUT2D eigenvalue weighted by atomic mass is 16.5. The lowest BCUT2D eigenvalue weighted by atomic mass is 9.75. The van der Waals surface area contributed by atoms with Crippen LogP contribution < -0.4 is 14.5 Å². The molecule has 0 unspecified atom stereocenters. The van der Waals surface area contributed by atoms with Crippen LogP contribution in [-0.2, 0) is 26.5 Å². The quantitative estimate of drug-likeness (QED) is 0.518. The molecule has 3 aromatic rings. The van der Waals surface area contributed by atoms with Crippen molar-refractivity contribution in [1.82, 2.24) is 4.90 Å². The van der Waals surface area contributed by atoms with Crippen molar-refractivity contribution < 1.29 is 19.1 Å². The van der Waals surface area contributed by atoms with Crippen LogP contribution >= 0.6 is 0 Å². The van der Waals surface area contributed by atoms with Crippen LogP contribution in [0.1, 0.15) is 24.0 Å². The molecule has 4 atom stereocenters. The first-order chi connectivity index (χ1) is 18.1. The molecule has 186 valence electrons. The van der Waals surface area contributed by atoms with Gasteiger partial charge in [-0.3, -0.25) is 19.3 Å². The summed E-state index contributed by atoms with van der Waals surface area (Å²) in [6.45, 7) is 1.11. The predicted octanol–water partition coefficient (Wildman–Crippen LogP) is 3.72. The molecule has 0 aromatic heterocycles. The third-order valence-corrected chi connectivity index (χ3v) is 8.66. The fourth-order valence-electron chi connectivity index (χ4n) is 7.25. The molecule has 0 aliphatic carbocycles. The molecule has 0 radical (unpaired) electrons. The number of ether oxygens (including phenoxy) is 1. The van der Waals surface area contributed by atoms with Crippen LogP contribution in [0.4, 0.5) is 11.4 Å². The maximum Gasteiger partial charge on any atom is 0.253 e. The lowest BCUT2D eigenvalue weighted by Crippen LogP contribution is -2.55. The predicted molar refractivity (Wildman–Crippen MR) is 138 cm³/mol. The Bertz CT molecular complexity index is 1420. The lowest BCUT2D eigenvalue weighted by Gasteiger charge is -2.37. The minimum Gasteiger partial charge on any atom is -0.497 e. The molecule has 3 fully saturated rings. The summed E-state index contributed by atoms with van der Waals surface area (Å²) in [7, 11) is 1.58. The molecule has 4 aliphatic rings. The molecule has 7 nitrogen and oxygen atoms in total. The Morgan fingerprint density at radius 1 is 0.892 bits per heavy atom. The van der Waals surface area contributed by atoms with Gasteiger partial charge < -0.3 is 9.64 Å². The summed E-state index contributed by atoms with van der Waals surface area (Å²) in [5, 5.41) is 0. The van der Waals surface area contributed by atoms with Crippen molar-refractivity contribution in [3.8, 4) is 5.75 Å². The highest BCUT2D eigenvalue weighted by molar-refractivity contribution is 6.26. The number of hydrogen-bond donors (Lipinski definition) is 0. The van der Waals surface area contributed by atoms with Crippen LogP contribution in [-0.4, -0.2) is 42.3 Å². The minimum atomic E-state index is -1.18. The van der Waals surface area contributed by atoms with Gasteiger partial charge in [-0.1, -0.05) is 48.5 Å². The Balaban J connectivity index is 1.37. The standard InChI is InChI=1S/C30H27N3O4/c1-37-21-15-13-20(14-16-21)33-27(34)25-24-12-7-17-32(24)30(26(25)28(33)35)22-10-5-6-11-23(22)31(29(30)36)18-19-8-3-2-4-9-19/h2-6,8-11,13-16,24-26H,7,12,17-18H2,1H3/t24-,25+,26-,30-/m0/s1. The van der Waals surface area contributed by atoms with Gasteiger partial charge in [-0.25, -0.2) is 4.90 Å². The summed E-state index contributed by atoms with van der Waals surface area (Å²) >= 11 is 0. The van der Waals surface area contributed by atoms with Gasteiger partial charge >= 0.3 is 0 Å². The van der Waals surface area contributed by atoms with Gasteiger partial charge in [-0.05, 0) is 55.3 Å². The van der Waals surface area contributed by atoms with Gasteiger partial charge in [0, 0.05) is 17.3 Å². The van der Waals surface area contributed by atoms with E-state index in [1.165, 1.54) is 4.90 Å². The first kappa shape index (κ1) is 22.2. The number of imide groups is 1. The third kappa shape index (κ3) is 2.83. The van der Waals surface area contributed by atoms with Crippen molar-refractivity contribution >= 4 is 29.1 Å². The van der Waals surface area contributed by atoms with E-state index in [2.05, 4.69) is 4.90 Å². The van der Waals surface area contributed by atoms with Gasteiger partial charge in [0.1, 0.15) is 11.3 Å². The Hall–Kier alpha value is -3.97. The molecule has 0 N–H and O–H groups in total. The molecular formula is C30H27N3O4. The van der Waals surface area contributed by atoms with Crippen molar-refractivity contribution in [2.75, 3.05) is 23.5 Å². The molecular weight excluding hydrogens is 466 g/mol. The number of carbonyl (C=O) groups is 3. The van der Waals surface area contributed by atoms with Crippen LogP contribution in [0.5, 0.6) is 5.75 Å². The summed E-state index contributed by atoms with van der Waals surface area (Å²) in [5.41, 5.74) is 2.03. The Morgan fingerprint density at radius 2 is 1.62 bits per heavy atom. The van der Waals surface area contributed by atoms with E-state index in [0.717, 1.165) is 29.7 Å². The number of rotatable bonds is 4. The third-order valence-electron chi connectivity index (χ3n) is 8.66. The molecule has 4 aliphatic heterocycles. The number of nitrogens with zero attached hydrogens (tertiary/aromatic N) is 3. The first-order valence-corrected chi connectivity index (χ1v) is 12.8. The van der Waals surface area contributed by atoms with Crippen LogP contribution in [0, 0.1) is 11.8 Å². The number of carbonyl (C=O) groups excluding carboxylic acids is 3. The second-order valence-corrected chi connectivity index (χ2v) is 10.3. The van der Waals surface area contributed by atoms with E-state index in [1.54, 1.807) is 31.4 Å². The van der Waals surface area contributed by atoms with Crippen molar-refractivity contribution in [3.05, 3.63) is 90.0 Å². The van der Waals surface area contributed by atoms with E-state index in [-0.39, 0.29) is 23.8 Å². The molecule has 37 heavy (non-hydrogen) atoms. The zero-order chi connectivity index (χ0) is 25.3. The molecule has 4 heterocycles. The van der Waals surface area contributed by atoms with E-state index in [9.17, 15) is 14.4 Å². The van der Waals surface area contributed by atoms with Gasteiger partial charge in [-0.2, -0.15) is 0 Å². The van der Waals surface area contributed by atoms with E-state index >= 15 is 0 Å². The maximum atomic E-state index is 14.6. The second-order valence-electron chi connectivity index (χ2n) is 10.3. The molecule has 3 aromatic carbocycles. The van der Waals surface area contributed by atoms with Gasteiger partial charge in [0.15, 0.2) is 0 Å². The second kappa shape index (κ2) is 8.02. The van der Waals surface area contributed by atoms with Crippen molar-refractivity contribution in [2.45, 2.75) is 31.0 Å². The van der Waals surface area contributed by atoms with E-state index in [0.29, 0.717) is 24.5 Å². The van der Waals surface area contributed by atoms with E-state index < -0.39 is 17.4 Å². The van der Waals surface area contributed by atoms with Crippen LogP contribution in [0.3, 0.4) is 0 Å². The van der Waals surface area contributed by atoms with Crippen LogP contribution in [0.25, 0.3) is 0 Å². The normalized spacial score (nSPS) is 28.2. The van der Waals surface area contributed by atoms with Gasteiger partial charge in [0.25, 0.3) is 5.91 Å². The topological polar surface area (TPSA) is 70.2 Å². The number of amides is 3. The molecule has 0 bridgehead atoms. The SMILES string of the molecule is COc1ccc(N2C(=O)[C@H]3[C@@H](C2=O)[C@@]2(C(=O)N(Cc4ccccc4)c4ccccc42)N2CCC[C@@H]32)cc1. The summed E-state index contributed by atoms with van der Waals surface area (Å²) < 4.78 is 5.26. The Labute approximate surface area is 215 Å². The minimum absolute atomic E-state index is 0.102. The number of para-hydroxylation sites is 1. The zero-order valence-corrected chi connectivity index (χ0v) is 20.5. The monoisotopic (exact) mass is 493 g/mol. The highest BCUT2D eigenvalue weighted by Crippen LogP contribution is 2.62. The fraction of sp³-hybridized carbons (Fsp3) is 0.300. The number of anilines is 2. The summed E-state index contributed by atoms with van der Waals surface area (Å²) in [5.74, 6) is -1.26. The van der Waals surface area contributed by atoms with Crippen molar-refractivity contribution in [1.29, 1.82) is 0 Å². The van der Waals surface area contributed by atoms with Crippen LogP contribution in [0.15, 0.2) is 78.9 Å². The summed E-state index contributed by atoms with van der Waals surface area (Å²) in [4.78, 5) is 48.1. The smallest absolute Gasteiger partial charge is 0.253 e. The Morgan fingerprint density at radius 3 is 2.38 bits per heavy atom. The fourth-order valence-corrected chi connectivity index (χ4v) is 7.25. The number of methoxy groups -OCH3 is 1. The summed E-state index contributed by atoms with van der Waals surface area (Å²) in [6, 6.07) is 24.5. The van der Waals surface area contributed by atoms with Crippen molar-refractivity contribution in [2.24, 2.45) is 11.8 Å². The van der Waals surface area contributed by atoms with E-state index in [1.807, 2.05) is 59.5 Å². The van der Waals surface area contributed by atoms with Gasteiger partial charge in [-0.15, -0.1) is 0 Å². The average molecular weight is 494 g/mol. The lowest BCUT2D eigenvalue weighted by molar-refractivity contribution is -0.137. The molecule has 1 spiro atoms.